The van der Waals surface area contributed by atoms with E-state index < -0.39 is 16.1 Å². The van der Waals surface area contributed by atoms with Crippen molar-refractivity contribution in [2.24, 2.45) is 5.73 Å². The van der Waals surface area contributed by atoms with Crippen LogP contribution in [0.5, 0.6) is 0 Å². The standard InChI is InChI=1S/C13H17BrN4O4S/c14-10-1-3-11(4-2-10)23(21,22)18-7-5-17(6-8-18)12(19)9-16-13(15)20/h1-4H,5-9H2,(H3,15,16,20). The average molecular weight is 405 g/mol. The van der Waals surface area contributed by atoms with Gasteiger partial charge in [-0.1, -0.05) is 15.9 Å². The Hall–Kier alpha value is -1.65. The molecule has 0 saturated carbocycles. The number of amides is 3. The predicted octanol–water partition coefficient (Wildman–Crippen LogP) is -0.0497. The van der Waals surface area contributed by atoms with E-state index >= 15 is 0 Å². The smallest absolute Gasteiger partial charge is 0.312 e. The number of carbonyl (C=O) groups is 2. The van der Waals surface area contributed by atoms with Gasteiger partial charge in [0.05, 0.1) is 11.4 Å². The summed E-state index contributed by atoms with van der Waals surface area (Å²) in [5.74, 6) is -0.288. The first-order chi connectivity index (χ1) is 10.8. The molecule has 0 atom stereocenters. The first-order valence-corrected chi connectivity index (χ1v) is 9.11. The van der Waals surface area contributed by atoms with Crippen LogP contribution in [0.1, 0.15) is 0 Å². The molecule has 0 bridgehead atoms. The summed E-state index contributed by atoms with van der Waals surface area (Å²) in [7, 11) is -3.57. The Bertz CT molecular complexity index is 684. The zero-order valence-corrected chi connectivity index (χ0v) is 14.6. The van der Waals surface area contributed by atoms with E-state index in [0.717, 1.165) is 4.47 Å². The molecule has 126 valence electrons. The lowest BCUT2D eigenvalue weighted by molar-refractivity contribution is -0.131. The molecule has 0 aliphatic carbocycles. The Morgan fingerprint density at radius 2 is 1.70 bits per heavy atom. The van der Waals surface area contributed by atoms with Gasteiger partial charge in [0.25, 0.3) is 0 Å². The van der Waals surface area contributed by atoms with Crippen LogP contribution in [-0.2, 0) is 14.8 Å². The van der Waals surface area contributed by atoms with Gasteiger partial charge < -0.3 is 16.0 Å². The van der Waals surface area contributed by atoms with Crippen LogP contribution >= 0.6 is 15.9 Å². The van der Waals surface area contributed by atoms with E-state index in [0.29, 0.717) is 0 Å². The van der Waals surface area contributed by atoms with Crippen molar-refractivity contribution >= 4 is 37.9 Å². The lowest BCUT2D eigenvalue weighted by Crippen LogP contribution is -2.52. The quantitative estimate of drug-likeness (QED) is 0.731. The highest BCUT2D eigenvalue weighted by molar-refractivity contribution is 9.10. The summed E-state index contributed by atoms with van der Waals surface area (Å²) in [5, 5.41) is 2.23. The second-order valence-electron chi connectivity index (χ2n) is 4.96. The number of halogens is 1. The van der Waals surface area contributed by atoms with Crippen molar-refractivity contribution in [1.82, 2.24) is 14.5 Å². The fourth-order valence-corrected chi connectivity index (χ4v) is 3.89. The van der Waals surface area contributed by atoms with Crippen molar-refractivity contribution in [1.29, 1.82) is 0 Å². The number of urea groups is 1. The topological polar surface area (TPSA) is 113 Å². The number of piperazine rings is 1. The van der Waals surface area contributed by atoms with Crippen LogP contribution in [0.3, 0.4) is 0 Å². The lowest BCUT2D eigenvalue weighted by Gasteiger charge is -2.34. The SMILES string of the molecule is NC(=O)NCC(=O)N1CCN(S(=O)(=O)c2ccc(Br)cc2)CC1. The number of sulfonamides is 1. The van der Waals surface area contributed by atoms with Gasteiger partial charge in [0.1, 0.15) is 0 Å². The fraction of sp³-hybridized carbons (Fsp3) is 0.385. The van der Waals surface area contributed by atoms with Gasteiger partial charge in [-0.15, -0.1) is 0 Å². The number of hydrogen-bond acceptors (Lipinski definition) is 4. The number of benzene rings is 1. The molecular formula is C13H17BrN4O4S. The molecule has 1 aliphatic rings. The third-order valence-electron chi connectivity index (χ3n) is 3.46. The average Bonchev–Trinajstić information content (AvgIpc) is 2.53. The number of carbonyl (C=O) groups excluding carboxylic acids is 2. The van der Waals surface area contributed by atoms with Gasteiger partial charge in [-0.2, -0.15) is 4.31 Å². The Morgan fingerprint density at radius 1 is 1.13 bits per heavy atom. The van der Waals surface area contributed by atoms with E-state index in [9.17, 15) is 18.0 Å². The van der Waals surface area contributed by atoms with Crippen LogP contribution in [0.15, 0.2) is 33.6 Å². The maximum absolute atomic E-state index is 12.5. The molecule has 0 radical (unpaired) electrons. The van der Waals surface area contributed by atoms with Crippen LogP contribution in [0, 0.1) is 0 Å². The molecule has 1 aromatic rings. The van der Waals surface area contributed by atoms with E-state index in [1.165, 1.54) is 21.3 Å². The highest BCUT2D eigenvalue weighted by atomic mass is 79.9. The Labute approximate surface area is 142 Å². The Balaban J connectivity index is 1.97. The molecule has 0 aromatic heterocycles. The Morgan fingerprint density at radius 3 is 2.22 bits per heavy atom. The molecule has 1 aliphatic heterocycles. The summed E-state index contributed by atoms with van der Waals surface area (Å²) >= 11 is 3.27. The summed E-state index contributed by atoms with van der Waals surface area (Å²) in [4.78, 5) is 24.2. The van der Waals surface area contributed by atoms with E-state index in [2.05, 4.69) is 21.2 Å². The monoisotopic (exact) mass is 404 g/mol. The highest BCUT2D eigenvalue weighted by Gasteiger charge is 2.29. The minimum Gasteiger partial charge on any atom is -0.352 e. The summed E-state index contributed by atoms with van der Waals surface area (Å²) < 4.78 is 27.2. The van der Waals surface area contributed by atoms with Crippen LogP contribution in [-0.4, -0.2) is 62.3 Å². The Kier molecular flexibility index (Phi) is 5.60. The van der Waals surface area contributed by atoms with Gasteiger partial charge in [-0.3, -0.25) is 4.79 Å². The molecule has 1 saturated heterocycles. The molecule has 8 nitrogen and oxygen atoms in total. The summed E-state index contributed by atoms with van der Waals surface area (Å²) in [6, 6.07) is 5.64. The summed E-state index contributed by atoms with van der Waals surface area (Å²) in [5.41, 5.74) is 4.91. The summed E-state index contributed by atoms with van der Waals surface area (Å²) in [6.07, 6.45) is 0. The van der Waals surface area contributed by atoms with E-state index in [-0.39, 0.29) is 43.5 Å². The number of rotatable bonds is 4. The molecule has 23 heavy (non-hydrogen) atoms. The van der Waals surface area contributed by atoms with Crippen molar-refractivity contribution in [2.45, 2.75) is 4.90 Å². The molecule has 3 amide bonds. The van der Waals surface area contributed by atoms with Crippen LogP contribution in [0.25, 0.3) is 0 Å². The third kappa shape index (κ3) is 4.43. The van der Waals surface area contributed by atoms with E-state index in [1.54, 1.807) is 12.1 Å². The van der Waals surface area contributed by atoms with Crippen molar-refractivity contribution in [3.63, 3.8) is 0 Å². The maximum atomic E-state index is 12.5. The lowest BCUT2D eigenvalue weighted by atomic mass is 10.3. The van der Waals surface area contributed by atoms with Gasteiger partial charge in [0, 0.05) is 30.7 Å². The predicted molar refractivity (Wildman–Crippen MR) is 87.1 cm³/mol. The van der Waals surface area contributed by atoms with Gasteiger partial charge in [0.15, 0.2) is 0 Å². The number of hydrogen-bond donors (Lipinski definition) is 2. The minimum atomic E-state index is -3.57. The van der Waals surface area contributed by atoms with Crippen molar-refractivity contribution in [2.75, 3.05) is 32.7 Å². The zero-order chi connectivity index (χ0) is 17.0. The second-order valence-corrected chi connectivity index (χ2v) is 7.81. The molecule has 3 N–H and O–H groups in total. The number of nitrogens with two attached hydrogens (primary N) is 1. The highest BCUT2D eigenvalue weighted by Crippen LogP contribution is 2.20. The first-order valence-electron chi connectivity index (χ1n) is 6.87. The summed E-state index contributed by atoms with van der Waals surface area (Å²) in [6.45, 7) is 0.778. The maximum Gasteiger partial charge on any atom is 0.312 e. The van der Waals surface area contributed by atoms with Crippen molar-refractivity contribution in [3.8, 4) is 0 Å². The number of primary amides is 1. The number of nitrogens with zero attached hydrogens (tertiary/aromatic N) is 2. The largest absolute Gasteiger partial charge is 0.352 e. The van der Waals surface area contributed by atoms with Gasteiger partial charge >= 0.3 is 6.03 Å². The van der Waals surface area contributed by atoms with Gasteiger partial charge in [-0.25, -0.2) is 13.2 Å². The third-order valence-corrected chi connectivity index (χ3v) is 5.90. The van der Waals surface area contributed by atoms with Crippen LogP contribution in [0.2, 0.25) is 0 Å². The number of nitrogens with one attached hydrogen (secondary N) is 1. The van der Waals surface area contributed by atoms with E-state index in [4.69, 9.17) is 5.73 Å². The molecule has 1 fully saturated rings. The van der Waals surface area contributed by atoms with Gasteiger partial charge in [-0.05, 0) is 24.3 Å². The first kappa shape index (κ1) is 17.7. The zero-order valence-electron chi connectivity index (χ0n) is 12.2. The van der Waals surface area contributed by atoms with Crippen molar-refractivity contribution < 1.29 is 18.0 Å². The molecule has 2 rings (SSSR count). The normalized spacial score (nSPS) is 16.1. The van der Waals surface area contributed by atoms with Crippen LogP contribution in [0.4, 0.5) is 4.79 Å². The van der Waals surface area contributed by atoms with Crippen molar-refractivity contribution in [3.05, 3.63) is 28.7 Å². The molecule has 0 unspecified atom stereocenters. The molecular weight excluding hydrogens is 388 g/mol. The van der Waals surface area contributed by atoms with E-state index in [1.807, 2.05) is 0 Å². The molecule has 0 spiro atoms. The molecule has 10 heteroatoms. The second kappa shape index (κ2) is 7.28. The van der Waals surface area contributed by atoms with Crippen LogP contribution < -0.4 is 11.1 Å². The molecule has 1 heterocycles. The fourth-order valence-electron chi connectivity index (χ4n) is 2.21. The minimum absolute atomic E-state index is 0.186. The van der Waals surface area contributed by atoms with Gasteiger partial charge in [0.2, 0.25) is 15.9 Å². The molecule has 1 aromatic carbocycles.